The minimum atomic E-state index is -0.515. The van der Waals surface area contributed by atoms with Gasteiger partial charge in [-0.1, -0.05) is 39.0 Å². The van der Waals surface area contributed by atoms with Crippen molar-refractivity contribution in [3.05, 3.63) is 18.0 Å². The van der Waals surface area contributed by atoms with Crippen molar-refractivity contribution in [2.75, 3.05) is 0 Å². The fourth-order valence-electron chi connectivity index (χ4n) is 4.23. The van der Waals surface area contributed by atoms with Gasteiger partial charge in [0.15, 0.2) is 0 Å². The summed E-state index contributed by atoms with van der Waals surface area (Å²) in [6.07, 6.45) is 14.8. The van der Waals surface area contributed by atoms with Crippen LogP contribution in [0.2, 0.25) is 0 Å². The molecule has 3 heteroatoms. The monoisotopic (exact) mass is 290 g/mol. The Hall–Kier alpha value is -0.830. The van der Waals surface area contributed by atoms with Crippen LogP contribution in [0.1, 0.15) is 82.9 Å². The van der Waals surface area contributed by atoms with Gasteiger partial charge in [-0.15, -0.1) is 0 Å². The van der Waals surface area contributed by atoms with E-state index < -0.39 is 5.60 Å². The van der Waals surface area contributed by atoms with Gasteiger partial charge in [-0.25, -0.2) is 0 Å². The Morgan fingerprint density at radius 1 is 1.19 bits per heavy atom. The summed E-state index contributed by atoms with van der Waals surface area (Å²) in [5.74, 6) is 0.815. The SMILES string of the molecule is CCC1CCCC(O)(Cc2ccn(C3CCCC3)n2)CC1. The lowest BCUT2D eigenvalue weighted by Crippen LogP contribution is -2.31. The zero-order valence-electron chi connectivity index (χ0n) is 13.4. The second kappa shape index (κ2) is 6.51. The van der Waals surface area contributed by atoms with Crippen LogP contribution >= 0.6 is 0 Å². The third kappa shape index (κ3) is 3.68. The van der Waals surface area contributed by atoms with E-state index in [-0.39, 0.29) is 0 Å². The Balaban J connectivity index is 1.62. The van der Waals surface area contributed by atoms with Crippen LogP contribution in [0.4, 0.5) is 0 Å². The molecule has 2 saturated carbocycles. The van der Waals surface area contributed by atoms with E-state index in [0.29, 0.717) is 6.04 Å². The van der Waals surface area contributed by atoms with Crippen molar-refractivity contribution in [2.45, 2.75) is 89.2 Å². The fraction of sp³-hybridized carbons (Fsp3) is 0.833. The maximum Gasteiger partial charge on any atom is 0.0703 e. The molecule has 2 unspecified atom stereocenters. The summed E-state index contributed by atoms with van der Waals surface area (Å²) in [7, 11) is 0. The van der Waals surface area contributed by atoms with Gasteiger partial charge in [0, 0.05) is 12.6 Å². The van der Waals surface area contributed by atoms with Crippen LogP contribution in [-0.2, 0) is 6.42 Å². The molecule has 0 amide bonds. The van der Waals surface area contributed by atoms with E-state index in [4.69, 9.17) is 5.10 Å². The zero-order valence-corrected chi connectivity index (χ0v) is 13.4. The van der Waals surface area contributed by atoms with Gasteiger partial charge in [-0.05, 0) is 44.1 Å². The third-order valence-electron chi connectivity index (χ3n) is 5.72. The van der Waals surface area contributed by atoms with Gasteiger partial charge in [0.25, 0.3) is 0 Å². The Morgan fingerprint density at radius 3 is 2.76 bits per heavy atom. The molecule has 1 aromatic heterocycles. The Morgan fingerprint density at radius 2 is 2.00 bits per heavy atom. The molecule has 1 heterocycles. The van der Waals surface area contributed by atoms with Gasteiger partial charge in [0.05, 0.1) is 17.3 Å². The molecule has 0 radical (unpaired) electrons. The molecule has 0 aliphatic heterocycles. The number of aliphatic hydroxyl groups is 1. The molecule has 2 aliphatic carbocycles. The number of hydrogen-bond acceptors (Lipinski definition) is 2. The molecular formula is C18H30N2O. The van der Waals surface area contributed by atoms with E-state index >= 15 is 0 Å². The molecule has 21 heavy (non-hydrogen) atoms. The smallest absolute Gasteiger partial charge is 0.0703 e. The van der Waals surface area contributed by atoms with Crippen molar-refractivity contribution in [1.82, 2.24) is 9.78 Å². The maximum absolute atomic E-state index is 10.9. The van der Waals surface area contributed by atoms with Crippen LogP contribution in [0, 0.1) is 5.92 Å². The van der Waals surface area contributed by atoms with E-state index in [1.165, 1.54) is 51.4 Å². The van der Waals surface area contributed by atoms with E-state index in [1.807, 2.05) is 0 Å². The van der Waals surface area contributed by atoms with Crippen molar-refractivity contribution in [3.63, 3.8) is 0 Å². The summed E-state index contributed by atoms with van der Waals surface area (Å²) in [6.45, 7) is 2.28. The second-order valence-electron chi connectivity index (χ2n) is 7.33. The number of rotatable bonds is 4. The van der Waals surface area contributed by atoms with Crippen molar-refractivity contribution >= 4 is 0 Å². The van der Waals surface area contributed by atoms with Crippen molar-refractivity contribution in [1.29, 1.82) is 0 Å². The van der Waals surface area contributed by atoms with Gasteiger partial charge >= 0.3 is 0 Å². The molecule has 2 aliphatic rings. The van der Waals surface area contributed by atoms with Crippen molar-refractivity contribution in [2.24, 2.45) is 5.92 Å². The van der Waals surface area contributed by atoms with Gasteiger partial charge in [-0.2, -0.15) is 5.10 Å². The Labute approximate surface area is 128 Å². The minimum Gasteiger partial charge on any atom is -0.389 e. The van der Waals surface area contributed by atoms with Crippen molar-refractivity contribution < 1.29 is 5.11 Å². The molecule has 0 saturated heterocycles. The maximum atomic E-state index is 10.9. The van der Waals surface area contributed by atoms with Crippen LogP contribution in [0.15, 0.2) is 12.3 Å². The van der Waals surface area contributed by atoms with Gasteiger partial charge in [0.2, 0.25) is 0 Å². The lowest BCUT2D eigenvalue weighted by Gasteiger charge is -2.26. The van der Waals surface area contributed by atoms with Crippen LogP contribution in [-0.4, -0.2) is 20.5 Å². The summed E-state index contributed by atoms with van der Waals surface area (Å²) in [5.41, 5.74) is 0.568. The highest BCUT2D eigenvalue weighted by Crippen LogP contribution is 2.34. The first-order valence-corrected chi connectivity index (χ1v) is 8.95. The molecule has 3 rings (SSSR count). The molecule has 0 bridgehead atoms. The largest absolute Gasteiger partial charge is 0.389 e. The highest BCUT2D eigenvalue weighted by Gasteiger charge is 2.31. The summed E-state index contributed by atoms with van der Waals surface area (Å²) in [4.78, 5) is 0. The van der Waals surface area contributed by atoms with Gasteiger partial charge in [-0.3, -0.25) is 4.68 Å². The summed E-state index contributed by atoms with van der Waals surface area (Å²) in [5, 5.41) is 15.7. The molecule has 2 fully saturated rings. The first kappa shape index (κ1) is 15.1. The average Bonchev–Trinajstić information content (AvgIpc) is 3.10. The Bertz CT molecular complexity index is 450. The highest BCUT2D eigenvalue weighted by atomic mass is 16.3. The quantitative estimate of drug-likeness (QED) is 0.841. The van der Waals surface area contributed by atoms with Crippen LogP contribution in [0.25, 0.3) is 0 Å². The lowest BCUT2D eigenvalue weighted by atomic mass is 9.89. The second-order valence-corrected chi connectivity index (χ2v) is 7.33. The normalized spacial score (nSPS) is 31.4. The number of aromatic nitrogens is 2. The molecule has 3 nitrogen and oxygen atoms in total. The predicted molar refractivity (Wildman–Crippen MR) is 85.3 cm³/mol. The van der Waals surface area contributed by atoms with Crippen molar-refractivity contribution in [3.8, 4) is 0 Å². The molecule has 118 valence electrons. The first-order valence-electron chi connectivity index (χ1n) is 8.95. The minimum absolute atomic E-state index is 0.515. The fourth-order valence-corrected chi connectivity index (χ4v) is 4.23. The van der Waals surface area contributed by atoms with Crippen LogP contribution < -0.4 is 0 Å². The summed E-state index contributed by atoms with van der Waals surface area (Å²) in [6, 6.07) is 2.73. The van der Waals surface area contributed by atoms with E-state index in [1.54, 1.807) is 0 Å². The molecule has 2 atom stereocenters. The molecule has 1 aromatic rings. The summed E-state index contributed by atoms with van der Waals surface area (Å²) >= 11 is 0. The van der Waals surface area contributed by atoms with Gasteiger partial charge < -0.3 is 5.11 Å². The van der Waals surface area contributed by atoms with E-state index in [2.05, 4.69) is 23.9 Å². The zero-order chi connectivity index (χ0) is 14.7. The van der Waals surface area contributed by atoms with E-state index in [9.17, 15) is 5.11 Å². The molecule has 1 N–H and O–H groups in total. The topological polar surface area (TPSA) is 38.0 Å². The lowest BCUT2D eigenvalue weighted by molar-refractivity contribution is 0.0231. The molecule has 0 aromatic carbocycles. The summed E-state index contributed by atoms with van der Waals surface area (Å²) < 4.78 is 2.15. The van der Waals surface area contributed by atoms with Gasteiger partial charge in [0.1, 0.15) is 0 Å². The molecule has 0 spiro atoms. The highest BCUT2D eigenvalue weighted by molar-refractivity contribution is 5.05. The predicted octanol–water partition coefficient (Wildman–Crippen LogP) is 4.26. The Kier molecular flexibility index (Phi) is 4.68. The number of hydrogen-bond donors (Lipinski definition) is 1. The van der Waals surface area contributed by atoms with Crippen LogP contribution in [0.5, 0.6) is 0 Å². The third-order valence-corrected chi connectivity index (χ3v) is 5.72. The van der Waals surface area contributed by atoms with E-state index in [0.717, 1.165) is 30.9 Å². The first-order chi connectivity index (χ1) is 10.2. The number of nitrogens with zero attached hydrogens (tertiary/aromatic N) is 2. The average molecular weight is 290 g/mol. The van der Waals surface area contributed by atoms with Crippen LogP contribution in [0.3, 0.4) is 0 Å². The standard InChI is InChI=1S/C18H30N2O/c1-2-15-6-5-11-18(21,12-9-15)14-16-10-13-20(19-16)17-7-3-4-8-17/h10,13,15,17,21H,2-9,11-12,14H2,1H3. The molecular weight excluding hydrogens is 260 g/mol.